The van der Waals surface area contributed by atoms with E-state index in [9.17, 15) is 0 Å². The van der Waals surface area contributed by atoms with Gasteiger partial charge < -0.3 is 14.8 Å². The van der Waals surface area contributed by atoms with Gasteiger partial charge in [-0.05, 0) is 55.8 Å². The van der Waals surface area contributed by atoms with Gasteiger partial charge in [-0.25, -0.2) is 0 Å². The zero-order valence-corrected chi connectivity index (χ0v) is 13.4. The van der Waals surface area contributed by atoms with Gasteiger partial charge in [0.1, 0.15) is 0 Å². The van der Waals surface area contributed by atoms with Gasteiger partial charge in [0.25, 0.3) is 0 Å². The monoisotopic (exact) mass is 277 g/mol. The van der Waals surface area contributed by atoms with Crippen molar-refractivity contribution < 1.29 is 9.47 Å². The van der Waals surface area contributed by atoms with Crippen LogP contribution < -0.4 is 14.8 Å². The predicted molar refractivity (Wildman–Crippen MR) is 82.8 cm³/mol. The Kier molecular flexibility index (Phi) is 4.92. The Labute approximate surface area is 122 Å². The van der Waals surface area contributed by atoms with Gasteiger partial charge in [0, 0.05) is 11.6 Å². The molecule has 0 heterocycles. The van der Waals surface area contributed by atoms with Crippen molar-refractivity contribution in [1.29, 1.82) is 0 Å². The van der Waals surface area contributed by atoms with E-state index in [-0.39, 0.29) is 0 Å². The molecule has 2 unspecified atom stereocenters. The Hall–Kier alpha value is -1.22. The number of benzene rings is 1. The fraction of sp³-hybridized carbons (Fsp3) is 0.647. The Morgan fingerprint density at radius 2 is 2.05 bits per heavy atom. The standard InChI is InChI=1S/C17H27NO2/c1-6-18-14-9-11(2)7-8-13-12(3)10-15(19-4)17(20-5)16(13)14/h10-11,14,18H,6-9H2,1-5H3. The summed E-state index contributed by atoms with van der Waals surface area (Å²) in [4.78, 5) is 0. The predicted octanol–water partition coefficient (Wildman–Crippen LogP) is 3.64. The van der Waals surface area contributed by atoms with Gasteiger partial charge in [-0.3, -0.25) is 0 Å². The molecule has 0 fully saturated rings. The topological polar surface area (TPSA) is 30.5 Å². The molecule has 2 atom stereocenters. The van der Waals surface area contributed by atoms with Crippen LogP contribution in [0.1, 0.15) is 49.4 Å². The molecule has 2 rings (SSSR count). The van der Waals surface area contributed by atoms with Crippen LogP contribution in [0.5, 0.6) is 11.5 Å². The zero-order valence-electron chi connectivity index (χ0n) is 13.4. The molecule has 3 heteroatoms. The molecule has 1 aliphatic carbocycles. The van der Waals surface area contributed by atoms with Gasteiger partial charge in [0.05, 0.1) is 14.2 Å². The van der Waals surface area contributed by atoms with Crippen LogP contribution in [0.4, 0.5) is 0 Å². The molecule has 3 nitrogen and oxygen atoms in total. The minimum absolute atomic E-state index is 0.358. The Bertz CT molecular complexity index is 471. The number of rotatable bonds is 4. The van der Waals surface area contributed by atoms with Crippen molar-refractivity contribution in [3.05, 3.63) is 22.8 Å². The summed E-state index contributed by atoms with van der Waals surface area (Å²) in [5.41, 5.74) is 4.07. The Balaban J connectivity index is 2.60. The lowest BCUT2D eigenvalue weighted by atomic mass is 9.93. The van der Waals surface area contributed by atoms with Crippen LogP contribution in [0.2, 0.25) is 0 Å². The second-order valence-electron chi connectivity index (χ2n) is 5.81. The summed E-state index contributed by atoms with van der Waals surface area (Å²) in [5, 5.41) is 3.63. The highest BCUT2D eigenvalue weighted by atomic mass is 16.5. The average Bonchev–Trinajstić information content (AvgIpc) is 2.59. The highest BCUT2D eigenvalue weighted by molar-refractivity contribution is 5.56. The molecule has 20 heavy (non-hydrogen) atoms. The van der Waals surface area contributed by atoms with Crippen molar-refractivity contribution in [3.8, 4) is 11.5 Å². The molecule has 112 valence electrons. The molecular formula is C17H27NO2. The van der Waals surface area contributed by atoms with Crippen LogP contribution in [-0.4, -0.2) is 20.8 Å². The van der Waals surface area contributed by atoms with E-state index < -0.39 is 0 Å². The van der Waals surface area contributed by atoms with E-state index in [4.69, 9.17) is 9.47 Å². The second kappa shape index (κ2) is 6.49. The molecule has 0 aliphatic heterocycles. The third-order valence-electron chi connectivity index (χ3n) is 4.37. The third kappa shape index (κ3) is 2.78. The van der Waals surface area contributed by atoms with Gasteiger partial charge in [-0.2, -0.15) is 0 Å². The van der Waals surface area contributed by atoms with Gasteiger partial charge in [0.15, 0.2) is 11.5 Å². The maximum atomic E-state index is 5.69. The lowest BCUT2D eigenvalue weighted by Crippen LogP contribution is -2.23. The minimum atomic E-state index is 0.358. The number of ether oxygens (including phenoxy) is 2. The summed E-state index contributed by atoms with van der Waals surface area (Å²) in [5.74, 6) is 2.48. The largest absolute Gasteiger partial charge is 0.493 e. The Morgan fingerprint density at radius 3 is 2.65 bits per heavy atom. The van der Waals surface area contributed by atoms with E-state index in [1.807, 2.05) is 0 Å². The van der Waals surface area contributed by atoms with E-state index in [1.165, 1.54) is 23.1 Å². The Morgan fingerprint density at radius 1 is 1.30 bits per heavy atom. The summed E-state index contributed by atoms with van der Waals surface area (Å²) in [6.07, 6.45) is 3.53. The van der Waals surface area contributed by atoms with Crippen LogP contribution in [-0.2, 0) is 6.42 Å². The number of nitrogens with one attached hydrogen (secondary N) is 1. The summed E-state index contributed by atoms with van der Waals surface area (Å²) < 4.78 is 11.2. The quantitative estimate of drug-likeness (QED) is 0.852. The molecule has 0 bridgehead atoms. The molecule has 0 spiro atoms. The normalized spacial score (nSPS) is 22.1. The SMILES string of the molecule is CCNC1CC(C)CCc2c(C)cc(OC)c(OC)c21. The van der Waals surface area contributed by atoms with Gasteiger partial charge >= 0.3 is 0 Å². The smallest absolute Gasteiger partial charge is 0.165 e. The summed E-state index contributed by atoms with van der Waals surface area (Å²) in [6, 6.07) is 2.47. The molecule has 0 aromatic heterocycles. The first kappa shape index (κ1) is 15.2. The highest BCUT2D eigenvalue weighted by Crippen LogP contribution is 2.44. The van der Waals surface area contributed by atoms with Crippen LogP contribution >= 0.6 is 0 Å². The molecule has 0 saturated heterocycles. The van der Waals surface area contributed by atoms with Crippen LogP contribution in [0.15, 0.2) is 6.07 Å². The minimum Gasteiger partial charge on any atom is -0.493 e. The van der Waals surface area contributed by atoms with Crippen LogP contribution in [0.25, 0.3) is 0 Å². The van der Waals surface area contributed by atoms with Gasteiger partial charge in [-0.15, -0.1) is 0 Å². The molecule has 0 radical (unpaired) electrons. The molecule has 1 aliphatic rings. The maximum Gasteiger partial charge on any atom is 0.165 e. The fourth-order valence-electron chi connectivity index (χ4n) is 3.35. The second-order valence-corrected chi connectivity index (χ2v) is 5.81. The van der Waals surface area contributed by atoms with Crippen molar-refractivity contribution in [2.45, 2.75) is 46.1 Å². The van der Waals surface area contributed by atoms with E-state index in [0.29, 0.717) is 6.04 Å². The first-order valence-corrected chi connectivity index (χ1v) is 7.60. The number of methoxy groups -OCH3 is 2. The van der Waals surface area contributed by atoms with Crippen LogP contribution in [0.3, 0.4) is 0 Å². The van der Waals surface area contributed by atoms with E-state index >= 15 is 0 Å². The number of aryl methyl sites for hydroxylation is 1. The van der Waals surface area contributed by atoms with Crippen molar-refractivity contribution in [3.63, 3.8) is 0 Å². The lowest BCUT2D eigenvalue weighted by molar-refractivity contribution is 0.341. The number of hydrogen-bond acceptors (Lipinski definition) is 3. The summed E-state index contributed by atoms with van der Waals surface area (Å²) in [6.45, 7) is 7.65. The average molecular weight is 277 g/mol. The summed E-state index contributed by atoms with van der Waals surface area (Å²) in [7, 11) is 3.45. The van der Waals surface area contributed by atoms with Crippen molar-refractivity contribution in [1.82, 2.24) is 5.32 Å². The van der Waals surface area contributed by atoms with Crippen LogP contribution in [0, 0.1) is 12.8 Å². The van der Waals surface area contributed by atoms with E-state index in [1.54, 1.807) is 14.2 Å². The lowest BCUT2D eigenvalue weighted by Gasteiger charge is -2.25. The maximum absolute atomic E-state index is 5.69. The first-order valence-electron chi connectivity index (χ1n) is 7.60. The molecule has 0 amide bonds. The molecule has 1 aromatic carbocycles. The first-order chi connectivity index (χ1) is 9.62. The highest BCUT2D eigenvalue weighted by Gasteiger charge is 2.28. The van der Waals surface area contributed by atoms with Gasteiger partial charge in [-0.1, -0.05) is 13.8 Å². The summed E-state index contributed by atoms with van der Waals surface area (Å²) >= 11 is 0. The zero-order chi connectivity index (χ0) is 14.7. The van der Waals surface area contributed by atoms with Crippen molar-refractivity contribution in [2.75, 3.05) is 20.8 Å². The number of hydrogen-bond donors (Lipinski definition) is 1. The molecule has 0 saturated carbocycles. The van der Waals surface area contributed by atoms with Crippen molar-refractivity contribution in [2.24, 2.45) is 5.92 Å². The van der Waals surface area contributed by atoms with Crippen molar-refractivity contribution >= 4 is 0 Å². The van der Waals surface area contributed by atoms with E-state index in [2.05, 4.69) is 32.2 Å². The molecular weight excluding hydrogens is 250 g/mol. The third-order valence-corrected chi connectivity index (χ3v) is 4.37. The molecule has 1 N–H and O–H groups in total. The number of fused-ring (bicyclic) bond motifs is 1. The molecule has 1 aromatic rings. The van der Waals surface area contributed by atoms with E-state index in [0.717, 1.165) is 36.8 Å². The van der Waals surface area contributed by atoms with Gasteiger partial charge in [0.2, 0.25) is 0 Å². The fourth-order valence-corrected chi connectivity index (χ4v) is 3.35.